The van der Waals surface area contributed by atoms with Gasteiger partial charge in [0.25, 0.3) is 0 Å². The van der Waals surface area contributed by atoms with E-state index in [-0.39, 0.29) is 0 Å². The zero-order valence-electron chi connectivity index (χ0n) is 35.0. The van der Waals surface area contributed by atoms with E-state index in [2.05, 4.69) is 254 Å². The lowest BCUT2D eigenvalue weighted by molar-refractivity contribution is 0.671. The maximum absolute atomic E-state index is 6.97. The van der Waals surface area contributed by atoms with E-state index in [1.54, 1.807) is 0 Å². The summed E-state index contributed by atoms with van der Waals surface area (Å²) in [6.07, 6.45) is 0. The van der Waals surface area contributed by atoms with Crippen molar-refractivity contribution in [1.82, 2.24) is 0 Å². The third kappa shape index (κ3) is 6.52. The zero-order chi connectivity index (χ0) is 42.4. The molecule has 12 aromatic rings. The quantitative estimate of drug-likeness (QED) is 0.142. The molecule has 0 aliphatic carbocycles. The van der Waals surface area contributed by atoms with Gasteiger partial charge in [-0.25, -0.2) is 0 Å². The molecule has 0 aliphatic heterocycles. The van der Waals surface area contributed by atoms with E-state index in [0.29, 0.717) is 0 Å². The zero-order valence-corrected chi connectivity index (χ0v) is 35.0. The lowest BCUT2D eigenvalue weighted by atomic mass is 9.90. The Morgan fingerprint density at radius 2 is 0.703 bits per heavy atom. The minimum Gasteiger partial charge on any atom is -0.455 e. The van der Waals surface area contributed by atoms with Crippen LogP contribution in [0.5, 0.6) is 0 Å². The normalized spacial score (nSPS) is 11.4. The molecule has 1 heterocycles. The van der Waals surface area contributed by atoms with Crippen LogP contribution in [-0.2, 0) is 0 Å². The maximum atomic E-state index is 6.97. The number of benzene rings is 11. The van der Waals surface area contributed by atoms with Gasteiger partial charge in [0.1, 0.15) is 11.2 Å². The molecule has 0 radical (unpaired) electrons. The first kappa shape index (κ1) is 37.3. The number of rotatable bonds is 8. The third-order valence-electron chi connectivity index (χ3n) is 12.7. The van der Waals surface area contributed by atoms with E-state index in [9.17, 15) is 0 Å². The average molecular weight is 816 g/mol. The predicted octanol–water partition coefficient (Wildman–Crippen LogP) is 17.7. The van der Waals surface area contributed by atoms with Crippen molar-refractivity contribution in [3.05, 3.63) is 249 Å². The fourth-order valence-electron chi connectivity index (χ4n) is 9.58. The summed E-state index contributed by atoms with van der Waals surface area (Å²) in [6.45, 7) is 0. The molecule has 0 atom stereocenters. The Morgan fingerprint density at radius 3 is 1.36 bits per heavy atom. The van der Waals surface area contributed by atoms with Crippen molar-refractivity contribution in [3.63, 3.8) is 0 Å². The topological polar surface area (TPSA) is 16.4 Å². The summed E-state index contributed by atoms with van der Waals surface area (Å²) in [5.41, 5.74) is 16.5. The lowest BCUT2D eigenvalue weighted by Crippen LogP contribution is -2.10. The number of furan rings is 1. The molecule has 0 saturated carbocycles. The highest BCUT2D eigenvalue weighted by Gasteiger charge is 2.21. The number of anilines is 3. The van der Waals surface area contributed by atoms with Crippen molar-refractivity contribution in [1.29, 1.82) is 0 Å². The monoisotopic (exact) mass is 815 g/mol. The molecule has 0 bridgehead atoms. The van der Waals surface area contributed by atoms with Crippen LogP contribution < -0.4 is 4.90 Å². The second-order valence-corrected chi connectivity index (χ2v) is 16.4. The molecule has 1 aromatic heterocycles. The van der Waals surface area contributed by atoms with Gasteiger partial charge in [-0.15, -0.1) is 0 Å². The first-order valence-corrected chi connectivity index (χ1v) is 21.9. The summed E-state index contributed by atoms with van der Waals surface area (Å²) < 4.78 is 6.97. The molecule has 2 heteroatoms. The number of fused-ring (bicyclic) bond motifs is 6. The van der Waals surface area contributed by atoms with Crippen molar-refractivity contribution in [2.24, 2.45) is 0 Å². The molecular weight excluding hydrogens is 775 g/mol. The fourth-order valence-corrected chi connectivity index (χ4v) is 9.58. The molecule has 12 rings (SSSR count). The van der Waals surface area contributed by atoms with Crippen LogP contribution in [0.4, 0.5) is 17.1 Å². The van der Waals surface area contributed by atoms with E-state index >= 15 is 0 Å². The van der Waals surface area contributed by atoms with Gasteiger partial charge in [0.2, 0.25) is 0 Å². The number of hydrogen-bond acceptors (Lipinski definition) is 2. The Hall–Kier alpha value is -8.46. The Kier molecular flexibility index (Phi) is 9.20. The maximum Gasteiger partial charge on any atom is 0.143 e. The smallest absolute Gasteiger partial charge is 0.143 e. The lowest BCUT2D eigenvalue weighted by Gasteiger charge is -2.28. The van der Waals surface area contributed by atoms with Gasteiger partial charge in [-0.3, -0.25) is 0 Å². The van der Waals surface area contributed by atoms with Crippen LogP contribution in [0.3, 0.4) is 0 Å². The molecule has 64 heavy (non-hydrogen) atoms. The second-order valence-electron chi connectivity index (χ2n) is 16.4. The molecule has 0 aliphatic rings. The van der Waals surface area contributed by atoms with E-state index in [0.717, 1.165) is 77.9 Å². The molecular formula is C62H41NO. The van der Waals surface area contributed by atoms with Crippen LogP contribution in [-0.4, -0.2) is 0 Å². The Labute approximate surface area is 372 Å². The summed E-state index contributed by atoms with van der Waals surface area (Å²) in [4.78, 5) is 2.41. The highest BCUT2D eigenvalue weighted by atomic mass is 16.3. The Balaban J connectivity index is 1.03. The molecule has 0 saturated heterocycles. The fraction of sp³-hybridized carbons (Fsp3) is 0. The van der Waals surface area contributed by atoms with Gasteiger partial charge >= 0.3 is 0 Å². The van der Waals surface area contributed by atoms with Crippen LogP contribution >= 0.6 is 0 Å². The van der Waals surface area contributed by atoms with Gasteiger partial charge in [0, 0.05) is 38.7 Å². The van der Waals surface area contributed by atoms with Crippen LogP contribution in [0, 0.1) is 0 Å². The molecule has 0 N–H and O–H groups in total. The van der Waals surface area contributed by atoms with Crippen LogP contribution in [0.25, 0.3) is 99.1 Å². The molecule has 2 nitrogen and oxygen atoms in total. The molecule has 0 amide bonds. The van der Waals surface area contributed by atoms with Crippen molar-refractivity contribution >= 4 is 60.5 Å². The number of para-hydroxylation sites is 2. The van der Waals surface area contributed by atoms with Gasteiger partial charge in [0.05, 0.1) is 5.69 Å². The predicted molar refractivity (Wildman–Crippen MR) is 271 cm³/mol. The van der Waals surface area contributed by atoms with Crippen molar-refractivity contribution in [2.75, 3.05) is 4.90 Å². The van der Waals surface area contributed by atoms with Gasteiger partial charge in [-0.05, 0) is 97.1 Å². The minimum absolute atomic E-state index is 0.888. The molecule has 0 fully saturated rings. The first-order valence-electron chi connectivity index (χ1n) is 21.9. The van der Waals surface area contributed by atoms with Gasteiger partial charge < -0.3 is 9.32 Å². The second kappa shape index (κ2) is 15.8. The summed E-state index contributed by atoms with van der Waals surface area (Å²) in [7, 11) is 0. The molecule has 0 unspecified atom stereocenters. The van der Waals surface area contributed by atoms with Crippen molar-refractivity contribution in [3.8, 4) is 55.6 Å². The van der Waals surface area contributed by atoms with Gasteiger partial charge in [0.15, 0.2) is 0 Å². The molecule has 300 valence electrons. The van der Waals surface area contributed by atoms with E-state index < -0.39 is 0 Å². The number of nitrogens with zero attached hydrogens (tertiary/aromatic N) is 1. The van der Waals surface area contributed by atoms with E-state index in [1.807, 2.05) is 0 Å². The van der Waals surface area contributed by atoms with Crippen molar-refractivity contribution in [2.45, 2.75) is 0 Å². The highest BCUT2D eigenvalue weighted by Crippen LogP contribution is 2.46. The van der Waals surface area contributed by atoms with Crippen molar-refractivity contribution < 1.29 is 4.42 Å². The molecule has 0 spiro atoms. The average Bonchev–Trinajstić information content (AvgIpc) is 3.77. The summed E-state index contributed by atoms with van der Waals surface area (Å²) in [6, 6.07) is 89.5. The van der Waals surface area contributed by atoms with Gasteiger partial charge in [-0.2, -0.15) is 0 Å². The van der Waals surface area contributed by atoms with Crippen LogP contribution in [0.2, 0.25) is 0 Å². The Morgan fingerprint density at radius 1 is 0.250 bits per heavy atom. The first-order chi connectivity index (χ1) is 31.7. The SMILES string of the molecule is c1ccc(-c2ccc(N(c3ccc(-c4cc(-c5ccccc5)ccc4-c4cccc5c4oc4c(-c6ccccc6)cccc45)cc3)c3cc4ccccc4c4ccccc34)cc2)cc1. The van der Waals surface area contributed by atoms with Crippen LogP contribution in [0.15, 0.2) is 253 Å². The van der Waals surface area contributed by atoms with Gasteiger partial charge in [-0.1, -0.05) is 212 Å². The minimum atomic E-state index is 0.888. The molecule has 11 aromatic carbocycles. The Bertz CT molecular complexity index is 3630. The number of hydrogen-bond donors (Lipinski definition) is 0. The highest BCUT2D eigenvalue weighted by molar-refractivity contribution is 6.15. The standard InChI is InChI=1S/C62H41NO/c1-4-16-42(17-5-1)44-30-35-49(36-31-44)63(60-41-48-22-10-11-23-51(48)53-24-12-13-25-55(53)60)50-37-32-46(33-38-50)59-40-47(43-18-6-2-7-19-43)34-39-54(59)56-27-15-29-58-57-28-14-26-52(61(57)64-62(56)58)45-20-8-3-9-21-45/h1-41H. The summed E-state index contributed by atoms with van der Waals surface area (Å²) in [5, 5.41) is 7.11. The summed E-state index contributed by atoms with van der Waals surface area (Å²) >= 11 is 0. The van der Waals surface area contributed by atoms with E-state index in [4.69, 9.17) is 4.42 Å². The van der Waals surface area contributed by atoms with Crippen LogP contribution in [0.1, 0.15) is 0 Å². The largest absolute Gasteiger partial charge is 0.455 e. The van der Waals surface area contributed by atoms with E-state index in [1.165, 1.54) is 38.2 Å². The third-order valence-corrected chi connectivity index (χ3v) is 12.7. The summed E-state index contributed by atoms with van der Waals surface area (Å²) in [5.74, 6) is 0.